The Kier molecular flexibility index (Phi) is 3.58. The van der Waals surface area contributed by atoms with Gasteiger partial charge in [-0.05, 0) is 30.3 Å². The molecule has 0 aliphatic rings. The zero-order valence-corrected chi connectivity index (χ0v) is 12.6. The van der Waals surface area contributed by atoms with E-state index in [1.54, 1.807) is 24.4 Å². The molecule has 2 aromatic carbocycles. The number of amides is 1. The average molecular weight is 342 g/mol. The summed E-state index contributed by atoms with van der Waals surface area (Å²) in [5.74, 6) is -0.253. The Morgan fingerprint density at radius 3 is 2.76 bits per heavy atom. The molecule has 3 rings (SSSR count). The second kappa shape index (κ2) is 5.54. The number of nitrogens with one attached hydrogen (secondary N) is 1. The zero-order valence-electron chi connectivity index (χ0n) is 11.0. The number of benzene rings is 2. The van der Waals surface area contributed by atoms with Gasteiger partial charge in [-0.25, -0.2) is 0 Å². The van der Waals surface area contributed by atoms with E-state index in [2.05, 4.69) is 26.2 Å². The minimum Gasteiger partial charge on any atom is -0.398 e. The first-order valence-electron chi connectivity index (χ1n) is 6.34. The Balaban J connectivity index is 1.89. The average Bonchev–Trinajstić information content (AvgIpc) is 2.47. The largest absolute Gasteiger partial charge is 0.398 e. The smallest absolute Gasteiger partial charge is 0.257 e. The Hall–Kier alpha value is -2.40. The van der Waals surface area contributed by atoms with Crippen molar-refractivity contribution in [3.8, 4) is 0 Å². The molecule has 0 aliphatic heterocycles. The molecule has 5 heteroatoms. The molecule has 3 aromatic rings. The number of nitrogen functional groups attached to an aromatic ring is 1. The van der Waals surface area contributed by atoms with Gasteiger partial charge in [-0.3, -0.25) is 9.78 Å². The van der Waals surface area contributed by atoms with E-state index in [-0.39, 0.29) is 5.91 Å². The minimum absolute atomic E-state index is 0.253. The highest BCUT2D eigenvalue weighted by Gasteiger charge is 2.10. The van der Waals surface area contributed by atoms with Crippen molar-refractivity contribution in [1.82, 2.24) is 4.98 Å². The van der Waals surface area contributed by atoms with Gasteiger partial charge in [-0.2, -0.15) is 0 Å². The number of halogens is 1. The van der Waals surface area contributed by atoms with Gasteiger partial charge in [-0.1, -0.05) is 34.1 Å². The molecule has 1 amide bonds. The van der Waals surface area contributed by atoms with Crippen LogP contribution in [0, 0.1) is 0 Å². The third kappa shape index (κ3) is 2.87. The van der Waals surface area contributed by atoms with Crippen LogP contribution in [0.2, 0.25) is 0 Å². The first kappa shape index (κ1) is 13.6. The van der Waals surface area contributed by atoms with Crippen LogP contribution in [0.3, 0.4) is 0 Å². The molecule has 4 nitrogen and oxygen atoms in total. The van der Waals surface area contributed by atoms with Crippen LogP contribution in [-0.2, 0) is 0 Å². The lowest BCUT2D eigenvalue weighted by molar-refractivity contribution is 0.102. The molecule has 0 bridgehead atoms. The van der Waals surface area contributed by atoms with Crippen LogP contribution in [0.25, 0.3) is 10.9 Å². The molecule has 0 unspecified atom stereocenters. The standard InChI is InChI=1S/C16H12BrN3O/c17-11-5-6-13(14(18)8-11)16(21)20-12-7-10-3-1-2-4-15(10)19-9-12/h1-9H,18H2,(H,20,21). The van der Waals surface area contributed by atoms with Crippen molar-refractivity contribution in [2.45, 2.75) is 0 Å². The fraction of sp³-hybridized carbons (Fsp3) is 0. The first-order chi connectivity index (χ1) is 10.1. The number of carbonyl (C=O) groups is 1. The summed E-state index contributed by atoms with van der Waals surface area (Å²) < 4.78 is 0.837. The molecular formula is C16H12BrN3O. The molecule has 0 radical (unpaired) electrons. The lowest BCUT2D eigenvalue weighted by atomic mass is 10.1. The van der Waals surface area contributed by atoms with E-state index in [1.165, 1.54) is 0 Å². The molecule has 0 atom stereocenters. The maximum absolute atomic E-state index is 12.2. The number of rotatable bonds is 2. The van der Waals surface area contributed by atoms with Crippen LogP contribution in [0.5, 0.6) is 0 Å². The van der Waals surface area contributed by atoms with Crippen LogP contribution >= 0.6 is 15.9 Å². The number of fused-ring (bicyclic) bond motifs is 1. The van der Waals surface area contributed by atoms with Gasteiger partial charge in [0.15, 0.2) is 0 Å². The van der Waals surface area contributed by atoms with Crippen molar-refractivity contribution in [2.75, 3.05) is 11.1 Å². The van der Waals surface area contributed by atoms with Crippen molar-refractivity contribution >= 4 is 44.1 Å². The molecule has 3 N–H and O–H groups in total. The van der Waals surface area contributed by atoms with Crippen molar-refractivity contribution in [2.24, 2.45) is 0 Å². The number of hydrogen-bond acceptors (Lipinski definition) is 3. The van der Waals surface area contributed by atoms with Crippen LogP contribution in [0.15, 0.2) is 59.2 Å². The third-order valence-electron chi connectivity index (χ3n) is 3.11. The maximum Gasteiger partial charge on any atom is 0.257 e. The van der Waals surface area contributed by atoms with E-state index in [0.29, 0.717) is 16.9 Å². The van der Waals surface area contributed by atoms with Crippen molar-refractivity contribution in [3.05, 3.63) is 64.8 Å². The van der Waals surface area contributed by atoms with Gasteiger partial charge in [0.1, 0.15) is 0 Å². The lowest BCUT2D eigenvalue weighted by Gasteiger charge is -2.08. The Bertz CT molecular complexity index is 833. The Morgan fingerprint density at radius 1 is 1.14 bits per heavy atom. The van der Waals surface area contributed by atoms with Gasteiger partial charge in [-0.15, -0.1) is 0 Å². The van der Waals surface area contributed by atoms with E-state index in [1.807, 2.05) is 30.3 Å². The molecule has 0 fully saturated rings. The number of anilines is 2. The summed E-state index contributed by atoms with van der Waals surface area (Å²) in [6, 6.07) is 14.8. The summed E-state index contributed by atoms with van der Waals surface area (Å²) in [6.07, 6.45) is 1.63. The molecular weight excluding hydrogens is 330 g/mol. The molecule has 1 heterocycles. The number of nitrogens with two attached hydrogens (primary N) is 1. The normalized spacial score (nSPS) is 10.5. The number of aromatic nitrogens is 1. The lowest BCUT2D eigenvalue weighted by Crippen LogP contribution is -2.14. The second-order valence-corrected chi connectivity index (χ2v) is 5.52. The highest BCUT2D eigenvalue weighted by Crippen LogP contribution is 2.21. The maximum atomic E-state index is 12.2. The summed E-state index contributed by atoms with van der Waals surface area (Å²) in [5.41, 5.74) is 8.25. The topological polar surface area (TPSA) is 68.0 Å². The summed E-state index contributed by atoms with van der Waals surface area (Å²) in [7, 11) is 0. The van der Waals surface area contributed by atoms with Gasteiger partial charge in [0.25, 0.3) is 5.91 Å². The number of pyridine rings is 1. The van der Waals surface area contributed by atoms with Crippen molar-refractivity contribution in [3.63, 3.8) is 0 Å². The Morgan fingerprint density at radius 2 is 1.95 bits per heavy atom. The van der Waals surface area contributed by atoms with Gasteiger partial charge in [0.2, 0.25) is 0 Å². The van der Waals surface area contributed by atoms with Crippen molar-refractivity contribution in [1.29, 1.82) is 0 Å². The first-order valence-corrected chi connectivity index (χ1v) is 7.14. The molecule has 104 valence electrons. The molecule has 0 spiro atoms. The predicted molar refractivity (Wildman–Crippen MR) is 88.3 cm³/mol. The predicted octanol–water partition coefficient (Wildman–Crippen LogP) is 3.83. The Labute approximate surface area is 130 Å². The molecule has 0 saturated heterocycles. The summed E-state index contributed by atoms with van der Waals surface area (Å²) >= 11 is 3.32. The monoisotopic (exact) mass is 341 g/mol. The SMILES string of the molecule is Nc1cc(Br)ccc1C(=O)Nc1cnc2ccccc2c1. The third-order valence-corrected chi connectivity index (χ3v) is 3.60. The van der Waals surface area contributed by atoms with Crippen LogP contribution in [0.1, 0.15) is 10.4 Å². The second-order valence-electron chi connectivity index (χ2n) is 4.60. The summed E-state index contributed by atoms with van der Waals surface area (Å²) in [5, 5.41) is 3.79. The van der Waals surface area contributed by atoms with Gasteiger partial charge in [0, 0.05) is 15.5 Å². The minimum atomic E-state index is -0.253. The van der Waals surface area contributed by atoms with Crippen LogP contribution < -0.4 is 11.1 Å². The summed E-state index contributed by atoms with van der Waals surface area (Å²) in [4.78, 5) is 16.6. The number of hydrogen-bond donors (Lipinski definition) is 2. The zero-order chi connectivity index (χ0) is 14.8. The van der Waals surface area contributed by atoms with Gasteiger partial charge in [0.05, 0.1) is 23.0 Å². The van der Waals surface area contributed by atoms with E-state index < -0.39 is 0 Å². The van der Waals surface area contributed by atoms with Gasteiger partial charge >= 0.3 is 0 Å². The highest BCUT2D eigenvalue weighted by atomic mass is 79.9. The fourth-order valence-corrected chi connectivity index (χ4v) is 2.46. The number of carbonyl (C=O) groups excluding carboxylic acids is 1. The van der Waals surface area contributed by atoms with Crippen molar-refractivity contribution < 1.29 is 4.79 Å². The fourth-order valence-electron chi connectivity index (χ4n) is 2.08. The molecule has 1 aromatic heterocycles. The van der Waals surface area contributed by atoms with E-state index in [0.717, 1.165) is 15.4 Å². The summed E-state index contributed by atoms with van der Waals surface area (Å²) in [6.45, 7) is 0. The quantitative estimate of drug-likeness (QED) is 0.696. The molecule has 0 saturated carbocycles. The highest BCUT2D eigenvalue weighted by molar-refractivity contribution is 9.10. The van der Waals surface area contributed by atoms with Gasteiger partial charge < -0.3 is 11.1 Å². The number of para-hydroxylation sites is 1. The van der Waals surface area contributed by atoms with Crippen LogP contribution in [0.4, 0.5) is 11.4 Å². The van der Waals surface area contributed by atoms with E-state index in [4.69, 9.17) is 5.73 Å². The molecule has 21 heavy (non-hydrogen) atoms. The van der Waals surface area contributed by atoms with E-state index >= 15 is 0 Å². The van der Waals surface area contributed by atoms with E-state index in [9.17, 15) is 4.79 Å². The number of nitrogens with zero attached hydrogens (tertiary/aromatic N) is 1. The van der Waals surface area contributed by atoms with Crippen LogP contribution in [-0.4, -0.2) is 10.9 Å². The molecule has 0 aliphatic carbocycles.